The smallest absolute Gasteiger partial charge is 0.135 e. The largest absolute Gasteiger partial charge is 0.303 e. The normalized spacial score (nSPS) is 27.0. The monoisotopic (exact) mass is 349 g/mol. The molecule has 3 fully saturated rings. The Morgan fingerprint density at radius 3 is 1.72 bits per heavy atom. The summed E-state index contributed by atoms with van der Waals surface area (Å²) in [4.78, 5) is 20.0. The van der Waals surface area contributed by atoms with E-state index in [1.807, 2.05) is 6.92 Å². The first-order valence-corrected chi connectivity index (χ1v) is 10.9. The van der Waals surface area contributed by atoms with Crippen LogP contribution >= 0.6 is 0 Å². The highest BCUT2D eigenvalue weighted by Crippen LogP contribution is 2.27. The van der Waals surface area contributed by atoms with E-state index in [9.17, 15) is 4.79 Å². The van der Waals surface area contributed by atoms with Crippen LogP contribution in [-0.2, 0) is 4.79 Å². The Morgan fingerprint density at radius 2 is 1.24 bits per heavy atom. The molecule has 3 aliphatic rings. The van der Waals surface area contributed by atoms with E-state index in [-0.39, 0.29) is 0 Å². The van der Waals surface area contributed by atoms with Gasteiger partial charge in [-0.05, 0) is 90.8 Å². The molecule has 4 nitrogen and oxygen atoms in total. The van der Waals surface area contributed by atoms with Crippen LogP contribution in [0.1, 0.15) is 65.2 Å². The first-order valence-electron chi connectivity index (χ1n) is 10.9. The van der Waals surface area contributed by atoms with Crippen molar-refractivity contribution in [2.24, 2.45) is 5.92 Å². The summed E-state index contributed by atoms with van der Waals surface area (Å²) in [7, 11) is 0. The fourth-order valence-corrected chi connectivity index (χ4v) is 5.32. The number of hydrogen-bond acceptors (Lipinski definition) is 4. The lowest BCUT2D eigenvalue weighted by Gasteiger charge is -2.45. The van der Waals surface area contributed by atoms with E-state index in [0.29, 0.717) is 11.7 Å². The Kier molecular flexibility index (Phi) is 7.32. The minimum atomic E-state index is 0.356. The summed E-state index contributed by atoms with van der Waals surface area (Å²) in [6, 6.07) is 1.61. The molecule has 0 atom stereocenters. The number of nitrogens with zero attached hydrogens (tertiary/aromatic N) is 3. The highest BCUT2D eigenvalue weighted by Gasteiger charge is 2.32. The van der Waals surface area contributed by atoms with Gasteiger partial charge in [0.25, 0.3) is 0 Å². The minimum Gasteiger partial charge on any atom is -0.303 e. The minimum absolute atomic E-state index is 0.356. The number of carbonyl (C=O) groups excluding carboxylic acids is 1. The van der Waals surface area contributed by atoms with Crippen LogP contribution in [0, 0.1) is 5.92 Å². The highest BCUT2D eigenvalue weighted by atomic mass is 16.1. The molecule has 25 heavy (non-hydrogen) atoms. The first kappa shape index (κ1) is 19.3. The number of Topliss-reactive ketones (excluding diaryl/α,β-unsaturated/α-hetero) is 1. The summed E-state index contributed by atoms with van der Waals surface area (Å²) in [6.07, 6.45) is 9.62. The van der Waals surface area contributed by atoms with Gasteiger partial charge in [-0.1, -0.05) is 13.8 Å². The number of carbonyl (C=O) groups is 1. The van der Waals surface area contributed by atoms with E-state index in [1.54, 1.807) is 0 Å². The van der Waals surface area contributed by atoms with Gasteiger partial charge in [0.05, 0.1) is 0 Å². The first-order chi connectivity index (χ1) is 12.2. The molecule has 144 valence electrons. The lowest BCUT2D eigenvalue weighted by atomic mass is 9.89. The summed E-state index contributed by atoms with van der Waals surface area (Å²) in [5, 5.41) is 0. The molecule has 0 aromatic carbocycles. The maximum Gasteiger partial charge on any atom is 0.135 e. The summed E-state index contributed by atoms with van der Waals surface area (Å²) < 4.78 is 0. The van der Waals surface area contributed by atoms with Gasteiger partial charge in [-0.3, -0.25) is 4.79 Å². The molecule has 3 rings (SSSR count). The summed E-state index contributed by atoms with van der Waals surface area (Å²) in [6.45, 7) is 13.1. The van der Waals surface area contributed by atoms with Crippen molar-refractivity contribution in [1.82, 2.24) is 14.7 Å². The summed E-state index contributed by atoms with van der Waals surface area (Å²) in [5.74, 6) is 0.846. The predicted molar refractivity (Wildman–Crippen MR) is 104 cm³/mol. The van der Waals surface area contributed by atoms with E-state index in [1.165, 1.54) is 64.8 Å². The lowest BCUT2D eigenvalue weighted by molar-refractivity contribution is -0.124. The molecule has 0 aliphatic carbocycles. The summed E-state index contributed by atoms with van der Waals surface area (Å²) >= 11 is 0. The topological polar surface area (TPSA) is 26.8 Å². The van der Waals surface area contributed by atoms with E-state index in [0.717, 1.165) is 44.4 Å². The molecule has 4 heteroatoms. The molecule has 0 aromatic rings. The molecular formula is C21H39N3O. The van der Waals surface area contributed by atoms with Gasteiger partial charge < -0.3 is 14.7 Å². The quantitative estimate of drug-likeness (QED) is 0.736. The van der Waals surface area contributed by atoms with Gasteiger partial charge in [-0.15, -0.1) is 0 Å². The van der Waals surface area contributed by atoms with E-state index >= 15 is 0 Å². The van der Waals surface area contributed by atoms with E-state index < -0.39 is 0 Å². The van der Waals surface area contributed by atoms with Gasteiger partial charge in [0.15, 0.2) is 0 Å². The van der Waals surface area contributed by atoms with Crippen molar-refractivity contribution in [2.45, 2.75) is 77.3 Å². The average Bonchev–Trinajstić information content (AvgIpc) is 2.68. The molecule has 0 bridgehead atoms. The molecule has 3 heterocycles. The number of hydrogen-bond donors (Lipinski definition) is 0. The predicted octanol–water partition coefficient (Wildman–Crippen LogP) is 3.02. The van der Waals surface area contributed by atoms with Crippen molar-refractivity contribution in [3.63, 3.8) is 0 Å². The molecule has 0 spiro atoms. The molecule has 3 saturated heterocycles. The number of rotatable bonds is 6. The summed E-state index contributed by atoms with van der Waals surface area (Å²) in [5.41, 5.74) is 0. The second-order valence-corrected chi connectivity index (χ2v) is 8.47. The van der Waals surface area contributed by atoms with Gasteiger partial charge in [0, 0.05) is 24.4 Å². The van der Waals surface area contributed by atoms with Crippen molar-refractivity contribution in [2.75, 3.05) is 45.8 Å². The van der Waals surface area contributed by atoms with Gasteiger partial charge in [-0.2, -0.15) is 0 Å². The number of likely N-dealkylation sites (tertiary alicyclic amines) is 3. The van der Waals surface area contributed by atoms with Gasteiger partial charge in [0.2, 0.25) is 0 Å². The van der Waals surface area contributed by atoms with Crippen LogP contribution in [0.15, 0.2) is 0 Å². The van der Waals surface area contributed by atoms with Crippen molar-refractivity contribution in [3.05, 3.63) is 0 Å². The van der Waals surface area contributed by atoms with Crippen LogP contribution in [0.4, 0.5) is 0 Å². The zero-order chi connectivity index (χ0) is 17.6. The van der Waals surface area contributed by atoms with Gasteiger partial charge in [0.1, 0.15) is 5.78 Å². The number of piperidine rings is 3. The highest BCUT2D eigenvalue weighted by molar-refractivity contribution is 5.80. The van der Waals surface area contributed by atoms with Crippen LogP contribution in [0.3, 0.4) is 0 Å². The molecule has 0 N–H and O–H groups in total. The molecule has 0 unspecified atom stereocenters. The Bertz CT molecular complexity index is 403. The number of ketones is 1. The van der Waals surface area contributed by atoms with Crippen LogP contribution in [0.2, 0.25) is 0 Å². The fourth-order valence-electron chi connectivity index (χ4n) is 5.32. The third-order valence-corrected chi connectivity index (χ3v) is 6.96. The Balaban J connectivity index is 1.37. The molecule has 3 aliphatic heterocycles. The SMILES string of the molecule is CCCN1CCC(N2CCC(N3CCC(C(=O)CC)CC3)CC2)CC1. The van der Waals surface area contributed by atoms with E-state index in [2.05, 4.69) is 21.6 Å². The van der Waals surface area contributed by atoms with Crippen molar-refractivity contribution < 1.29 is 4.79 Å². The van der Waals surface area contributed by atoms with Gasteiger partial charge in [-0.25, -0.2) is 0 Å². The molecule has 0 saturated carbocycles. The van der Waals surface area contributed by atoms with Crippen LogP contribution in [-0.4, -0.2) is 78.4 Å². The van der Waals surface area contributed by atoms with Crippen LogP contribution in [0.5, 0.6) is 0 Å². The average molecular weight is 350 g/mol. The zero-order valence-electron chi connectivity index (χ0n) is 16.6. The molecule has 0 radical (unpaired) electrons. The van der Waals surface area contributed by atoms with E-state index in [4.69, 9.17) is 0 Å². The molecule has 0 amide bonds. The van der Waals surface area contributed by atoms with Crippen molar-refractivity contribution in [1.29, 1.82) is 0 Å². The van der Waals surface area contributed by atoms with Crippen molar-refractivity contribution >= 4 is 5.78 Å². The third kappa shape index (κ3) is 5.05. The maximum absolute atomic E-state index is 11.9. The van der Waals surface area contributed by atoms with Gasteiger partial charge >= 0.3 is 0 Å². The van der Waals surface area contributed by atoms with Crippen LogP contribution in [0.25, 0.3) is 0 Å². The standard InChI is InChI=1S/C21H39N3O/c1-3-11-22-12-7-19(8-13-22)24-16-9-20(10-17-24)23-14-5-18(6-15-23)21(25)4-2/h18-20H,3-17H2,1-2H3. The maximum atomic E-state index is 11.9. The second kappa shape index (κ2) is 9.48. The lowest BCUT2D eigenvalue weighted by Crippen LogP contribution is -2.52. The Morgan fingerprint density at radius 1 is 0.760 bits per heavy atom. The zero-order valence-corrected chi connectivity index (χ0v) is 16.6. The van der Waals surface area contributed by atoms with Crippen LogP contribution < -0.4 is 0 Å². The third-order valence-electron chi connectivity index (χ3n) is 6.96. The molecular weight excluding hydrogens is 310 g/mol. The Hall–Kier alpha value is -0.450. The molecule has 0 aromatic heterocycles. The fraction of sp³-hybridized carbons (Fsp3) is 0.952. The second-order valence-electron chi connectivity index (χ2n) is 8.47. The Labute approximate surface area is 154 Å². The van der Waals surface area contributed by atoms with Crippen molar-refractivity contribution in [3.8, 4) is 0 Å².